The van der Waals surface area contributed by atoms with Crippen molar-refractivity contribution < 1.29 is 9.47 Å². The summed E-state index contributed by atoms with van der Waals surface area (Å²) < 4.78 is 12.4. The average molecular weight is 436 g/mol. The van der Waals surface area contributed by atoms with Gasteiger partial charge in [0.25, 0.3) is 0 Å². The fourth-order valence-corrected chi connectivity index (χ4v) is 4.22. The highest BCUT2D eigenvalue weighted by Gasteiger charge is 2.12. The van der Waals surface area contributed by atoms with Crippen LogP contribution in [0.4, 0.5) is 0 Å². The first kappa shape index (κ1) is 24.5. The molecule has 2 aromatic carbocycles. The minimum atomic E-state index is 0.141. The molecule has 0 spiro atoms. The molecule has 3 aromatic rings. The Kier molecular flexibility index (Phi) is 10.3. The maximum Gasteiger partial charge on any atom is 0.213 e. The molecular weight excluding hydrogens is 394 g/mol. The molecule has 0 amide bonds. The molecule has 3 heteroatoms. The lowest BCUT2D eigenvalue weighted by atomic mass is 10.0. The lowest BCUT2D eigenvalue weighted by molar-refractivity contribution is 0.0108. The SMILES string of the molecule is CCCCCCCOC(CCCCC(C)C)COc1ccc2c(ccc3ccccc32)n1. The third-order valence-electron chi connectivity index (χ3n) is 6.15. The summed E-state index contributed by atoms with van der Waals surface area (Å²) in [5.41, 5.74) is 0.978. The normalized spacial score (nSPS) is 12.6. The Morgan fingerprint density at radius 2 is 1.59 bits per heavy atom. The van der Waals surface area contributed by atoms with Gasteiger partial charge >= 0.3 is 0 Å². The number of nitrogens with zero attached hydrogens (tertiary/aromatic N) is 1. The van der Waals surface area contributed by atoms with Gasteiger partial charge in [0.2, 0.25) is 5.88 Å². The van der Waals surface area contributed by atoms with Crippen molar-refractivity contribution in [3.05, 3.63) is 48.5 Å². The maximum atomic E-state index is 6.24. The van der Waals surface area contributed by atoms with Crippen molar-refractivity contribution in [2.75, 3.05) is 13.2 Å². The molecule has 174 valence electrons. The maximum absolute atomic E-state index is 6.24. The second kappa shape index (κ2) is 13.4. The Hall–Kier alpha value is -2.13. The van der Waals surface area contributed by atoms with E-state index in [2.05, 4.69) is 63.2 Å². The second-order valence-electron chi connectivity index (χ2n) is 9.40. The summed E-state index contributed by atoms with van der Waals surface area (Å²) in [6.45, 7) is 8.25. The van der Waals surface area contributed by atoms with Crippen LogP contribution in [0.25, 0.3) is 21.7 Å². The minimum absolute atomic E-state index is 0.141. The van der Waals surface area contributed by atoms with Crippen LogP contribution < -0.4 is 4.74 Å². The molecule has 0 aliphatic rings. The Morgan fingerprint density at radius 3 is 2.44 bits per heavy atom. The summed E-state index contributed by atoms with van der Waals surface area (Å²) in [6, 6.07) is 16.8. The number of ether oxygens (including phenoxy) is 2. The summed E-state index contributed by atoms with van der Waals surface area (Å²) in [6.07, 6.45) is 11.2. The van der Waals surface area contributed by atoms with Crippen molar-refractivity contribution >= 4 is 21.7 Å². The van der Waals surface area contributed by atoms with Crippen LogP contribution in [-0.2, 0) is 4.74 Å². The predicted molar refractivity (Wildman–Crippen MR) is 137 cm³/mol. The van der Waals surface area contributed by atoms with Gasteiger partial charge in [0, 0.05) is 18.1 Å². The fourth-order valence-electron chi connectivity index (χ4n) is 4.22. The molecule has 1 aromatic heterocycles. The second-order valence-corrected chi connectivity index (χ2v) is 9.40. The molecule has 1 heterocycles. The standard InChI is InChI=1S/C29H41NO2/c1-4-5-6-7-12-21-31-25(15-10-8-13-23(2)3)22-32-29-20-18-27-26-16-11-9-14-24(26)17-19-28(27)30-29/h9,11,14,16-20,23,25H,4-8,10,12-13,15,21-22H2,1-3H3. The number of benzene rings is 2. The van der Waals surface area contributed by atoms with Crippen LogP contribution in [0.2, 0.25) is 0 Å². The van der Waals surface area contributed by atoms with Crippen LogP contribution in [0.3, 0.4) is 0 Å². The number of fused-ring (bicyclic) bond motifs is 3. The van der Waals surface area contributed by atoms with E-state index < -0.39 is 0 Å². The van der Waals surface area contributed by atoms with Gasteiger partial charge in [0.05, 0.1) is 11.6 Å². The van der Waals surface area contributed by atoms with Crippen molar-refractivity contribution in [2.24, 2.45) is 5.92 Å². The molecule has 0 saturated heterocycles. The molecule has 3 rings (SSSR count). The van der Waals surface area contributed by atoms with Crippen LogP contribution in [0.5, 0.6) is 5.88 Å². The molecule has 0 N–H and O–H groups in total. The lowest BCUT2D eigenvalue weighted by Crippen LogP contribution is -2.23. The first-order valence-corrected chi connectivity index (χ1v) is 12.7. The van der Waals surface area contributed by atoms with Gasteiger partial charge in [-0.15, -0.1) is 0 Å². The number of hydrogen-bond donors (Lipinski definition) is 0. The monoisotopic (exact) mass is 435 g/mol. The zero-order chi connectivity index (χ0) is 22.6. The molecule has 32 heavy (non-hydrogen) atoms. The first-order chi connectivity index (χ1) is 15.7. The number of rotatable bonds is 15. The van der Waals surface area contributed by atoms with E-state index in [1.165, 1.54) is 61.1 Å². The Morgan fingerprint density at radius 1 is 0.781 bits per heavy atom. The van der Waals surface area contributed by atoms with E-state index in [0.717, 1.165) is 30.9 Å². The van der Waals surface area contributed by atoms with Crippen molar-refractivity contribution in [2.45, 2.75) is 84.7 Å². The van der Waals surface area contributed by atoms with E-state index in [9.17, 15) is 0 Å². The lowest BCUT2D eigenvalue weighted by Gasteiger charge is -2.19. The molecule has 0 fully saturated rings. The van der Waals surface area contributed by atoms with E-state index >= 15 is 0 Å². The van der Waals surface area contributed by atoms with Crippen LogP contribution in [-0.4, -0.2) is 24.3 Å². The summed E-state index contributed by atoms with van der Waals surface area (Å²) in [5, 5.41) is 3.65. The smallest absolute Gasteiger partial charge is 0.213 e. The molecule has 0 aliphatic carbocycles. The molecule has 0 radical (unpaired) electrons. The van der Waals surface area contributed by atoms with E-state index in [-0.39, 0.29) is 6.10 Å². The Balaban J connectivity index is 1.56. The largest absolute Gasteiger partial charge is 0.475 e. The predicted octanol–water partition coefficient (Wildman–Crippen LogP) is 8.34. The summed E-state index contributed by atoms with van der Waals surface area (Å²) >= 11 is 0. The van der Waals surface area contributed by atoms with E-state index in [1.807, 2.05) is 6.07 Å². The highest BCUT2D eigenvalue weighted by Crippen LogP contribution is 2.26. The van der Waals surface area contributed by atoms with Crippen molar-refractivity contribution in [3.63, 3.8) is 0 Å². The molecule has 0 aliphatic heterocycles. The van der Waals surface area contributed by atoms with Gasteiger partial charge in [-0.05, 0) is 41.7 Å². The van der Waals surface area contributed by atoms with Gasteiger partial charge in [0.15, 0.2) is 0 Å². The van der Waals surface area contributed by atoms with E-state index in [1.54, 1.807) is 0 Å². The van der Waals surface area contributed by atoms with Gasteiger partial charge < -0.3 is 9.47 Å². The van der Waals surface area contributed by atoms with Crippen LogP contribution in [0.1, 0.15) is 78.6 Å². The van der Waals surface area contributed by atoms with E-state index in [4.69, 9.17) is 14.5 Å². The summed E-state index contributed by atoms with van der Waals surface area (Å²) in [4.78, 5) is 4.77. The number of unbranched alkanes of at least 4 members (excludes halogenated alkanes) is 5. The van der Waals surface area contributed by atoms with Crippen molar-refractivity contribution in [3.8, 4) is 5.88 Å². The topological polar surface area (TPSA) is 31.4 Å². The number of pyridine rings is 1. The van der Waals surface area contributed by atoms with Crippen molar-refractivity contribution in [1.82, 2.24) is 4.98 Å². The molecule has 3 nitrogen and oxygen atoms in total. The fraction of sp³-hybridized carbons (Fsp3) is 0.552. The minimum Gasteiger partial charge on any atom is -0.475 e. The summed E-state index contributed by atoms with van der Waals surface area (Å²) in [5.74, 6) is 1.45. The summed E-state index contributed by atoms with van der Waals surface area (Å²) in [7, 11) is 0. The highest BCUT2D eigenvalue weighted by atomic mass is 16.5. The Bertz CT molecular complexity index is 937. The van der Waals surface area contributed by atoms with Crippen LogP contribution in [0, 0.1) is 5.92 Å². The van der Waals surface area contributed by atoms with Crippen LogP contribution >= 0.6 is 0 Å². The zero-order valence-electron chi connectivity index (χ0n) is 20.3. The third-order valence-corrected chi connectivity index (χ3v) is 6.15. The van der Waals surface area contributed by atoms with Crippen LogP contribution in [0.15, 0.2) is 48.5 Å². The quantitative estimate of drug-likeness (QED) is 0.177. The average Bonchev–Trinajstić information content (AvgIpc) is 2.81. The number of aromatic nitrogens is 1. The van der Waals surface area contributed by atoms with E-state index in [0.29, 0.717) is 12.5 Å². The molecule has 1 atom stereocenters. The van der Waals surface area contributed by atoms with Gasteiger partial charge in [-0.2, -0.15) is 0 Å². The molecule has 0 bridgehead atoms. The number of hydrogen-bond acceptors (Lipinski definition) is 3. The molecular formula is C29H41NO2. The first-order valence-electron chi connectivity index (χ1n) is 12.7. The zero-order valence-corrected chi connectivity index (χ0v) is 20.3. The van der Waals surface area contributed by atoms with Crippen molar-refractivity contribution in [1.29, 1.82) is 0 Å². The van der Waals surface area contributed by atoms with Gasteiger partial charge in [-0.3, -0.25) is 0 Å². The van der Waals surface area contributed by atoms with Gasteiger partial charge in [-0.1, -0.05) is 96.0 Å². The third kappa shape index (κ3) is 7.78. The Labute approximate surface area is 194 Å². The molecule has 0 saturated carbocycles. The highest BCUT2D eigenvalue weighted by molar-refractivity contribution is 6.06. The molecule has 1 unspecified atom stereocenters. The van der Waals surface area contributed by atoms with Gasteiger partial charge in [-0.25, -0.2) is 4.98 Å². The van der Waals surface area contributed by atoms with Gasteiger partial charge in [0.1, 0.15) is 6.61 Å².